The molecule has 3 N–H and O–H groups in total. The number of hydrogen-bond acceptors (Lipinski definition) is 10. The van der Waals surface area contributed by atoms with Crippen LogP contribution in [-0.4, -0.2) is 89.7 Å². The van der Waals surface area contributed by atoms with E-state index in [2.05, 4.69) is 0 Å². The van der Waals surface area contributed by atoms with E-state index in [4.69, 9.17) is 18.6 Å². The van der Waals surface area contributed by atoms with Crippen molar-refractivity contribution < 1.29 is 48.3 Å². The van der Waals surface area contributed by atoms with E-state index in [1.165, 1.54) is 6.92 Å². The summed E-state index contributed by atoms with van der Waals surface area (Å²) in [6.07, 6.45) is -6.32. The maximum Gasteiger partial charge on any atom is 0.338 e. The van der Waals surface area contributed by atoms with Gasteiger partial charge < -0.3 is 34.0 Å². The molecule has 2 bridgehead atoms. The van der Waals surface area contributed by atoms with Gasteiger partial charge in [0, 0.05) is 25.2 Å². The molecule has 3 aliphatic carbocycles. The Morgan fingerprint density at radius 3 is 2.23 bits per heavy atom. The Morgan fingerprint density at radius 1 is 1.07 bits per heavy atom. The second-order valence-corrected chi connectivity index (χ2v) is 18.9. The molecule has 2 saturated carbocycles. The van der Waals surface area contributed by atoms with Gasteiger partial charge in [0.25, 0.3) is 0 Å². The van der Waals surface area contributed by atoms with Gasteiger partial charge in [0.1, 0.15) is 23.9 Å². The number of aliphatic hydroxyl groups is 3. The minimum absolute atomic E-state index is 0.0203. The highest BCUT2D eigenvalue weighted by Crippen LogP contribution is 2.64. The zero-order valence-electron chi connectivity index (χ0n) is 26.2. The summed E-state index contributed by atoms with van der Waals surface area (Å²) in [5, 5.41) is 36.3. The molecular weight excluding hydrogens is 572 g/mol. The highest BCUT2D eigenvalue weighted by molar-refractivity contribution is 6.70. The molecule has 1 unspecified atom stereocenters. The van der Waals surface area contributed by atoms with Crippen molar-refractivity contribution in [2.24, 2.45) is 16.7 Å². The first-order chi connectivity index (χ1) is 19.8. The predicted molar refractivity (Wildman–Crippen MR) is 157 cm³/mol. The molecule has 4 aliphatic rings. The summed E-state index contributed by atoms with van der Waals surface area (Å²) in [5.74, 6) is -3.15. The third kappa shape index (κ3) is 4.66. The Labute approximate surface area is 253 Å². The van der Waals surface area contributed by atoms with Crippen molar-refractivity contribution >= 4 is 26.0 Å². The van der Waals surface area contributed by atoms with Crippen LogP contribution in [0.1, 0.15) is 57.8 Å². The van der Waals surface area contributed by atoms with E-state index < -0.39 is 84.5 Å². The lowest BCUT2D eigenvalue weighted by molar-refractivity contribution is -0.345. The molecule has 3 fully saturated rings. The lowest BCUT2D eigenvalue weighted by Gasteiger charge is -2.67. The van der Waals surface area contributed by atoms with Gasteiger partial charge in [-0.1, -0.05) is 32.0 Å². The molecule has 11 heteroatoms. The average molecular weight is 617 g/mol. The van der Waals surface area contributed by atoms with Crippen LogP contribution in [0.15, 0.2) is 41.5 Å². The number of fused-ring (bicyclic) bond motifs is 5. The first-order valence-corrected chi connectivity index (χ1v) is 18.3. The van der Waals surface area contributed by atoms with Crippen LogP contribution >= 0.6 is 0 Å². The number of aliphatic hydroxyl groups excluding tert-OH is 2. The number of carbonyl (C=O) groups is 3. The van der Waals surface area contributed by atoms with Gasteiger partial charge in [-0.2, -0.15) is 0 Å². The molecule has 1 saturated heterocycles. The molecule has 236 valence electrons. The van der Waals surface area contributed by atoms with E-state index in [9.17, 15) is 24.9 Å². The number of carbonyl (C=O) groups excluding carboxylic acids is 3. The Kier molecular flexibility index (Phi) is 7.68. The minimum atomic E-state index is -2.48. The van der Waals surface area contributed by atoms with Gasteiger partial charge in [-0.15, -0.1) is 0 Å². The molecule has 10 nitrogen and oxygen atoms in total. The Bertz CT molecular complexity index is 1350. The van der Waals surface area contributed by atoms with Crippen LogP contribution in [-0.2, 0) is 28.2 Å². The molecule has 43 heavy (non-hydrogen) atoms. The summed E-state index contributed by atoms with van der Waals surface area (Å²) < 4.78 is 24.7. The third-order valence-electron chi connectivity index (χ3n) is 10.4. The van der Waals surface area contributed by atoms with E-state index >= 15 is 4.79 Å². The Hall–Kier alpha value is -2.41. The van der Waals surface area contributed by atoms with Gasteiger partial charge in [-0.05, 0) is 56.8 Å². The minimum Gasteiger partial charge on any atom is -0.455 e. The van der Waals surface area contributed by atoms with Gasteiger partial charge in [-0.3, -0.25) is 9.59 Å². The SMILES string of the molecule is CC(=O)O[C@@]12CO[C@@H]1C[C@H](O)[C@@]1(C)C(=O)[C@H](O[Si](C)(C)C)C3=C(C)[C@@H](O)C[C@@](O)([C@@H](OC(=O)c4ccccc4)C12)C3(C)C. The van der Waals surface area contributed by atoms with Crippen LogP contribution in [0.25, 0.3) is 0 Å². The molecule has 0 aromatic heterocycles. The van der Waals surface area contributed by atoms with Crippen LogP contribution in [0.5, 0.6) is 0 Å². The first kappa shape index (κ1) is 32.0. The zero-order valence-corrected chi connectivity index (χ0v) is 27.2. The Morgan fingerprint density at radius 2 is 1.70 bits per heavy atom. The highest BCUT2D eigenvalue weighted by Gasteiger charge is 2.78. The largest absolute Gasteiger partial charge is 0.455 e. The number of ether oxygens (including phenoxy) is 3. The van der Waals surface area contributed by atoms with Crippen molar-refractivity contribution in [3.05, 3.63) is 47.0 Å². The number of benzene rings is 1. The fourth-order valence-corrected chi connectivity index (χ4v) is 9.03. The smallest absolute Gasteiger partial charge is 0.338 e. The predicted octanol–water partition coefficient (Wildman–Crippen LogP) is 2.94. The monoisotopic (exact) mass is 616 g/mol. The number of Topliss-reactive ketones (excluding diaryl/α,β-unsaturated/α-hetero) is 1. The highest BCUT2D eigenvalue weighted by atomic mass is 28.4. The number of hydrogen-bond donors (Lipinski definition) is 3. The van der Waals surface area contributed by atoms with Gasteiger partial charge >= 0.3 is 11.9 Å². The van der Waals surface area contributed by atoms with Crippen LogP contribution in [0.3, 0.4) is 0 Å². The molecule has 9 atom stereocenters. The van der Waals surface area contributed by atoms with Crippen molar-refractivity contribution in [3.63, 3.8) is 0 Å². The zero-order chi connectivity index (χ0) is 31.9. The first-order valence-electron chi connectivity index (χ1n) is 14.9. The molecule has 0 amide bonds. The summed E-state index contributed by atoms with van der Waals surface area (Å²) in [6.45, 7) is 13.7. The number of esters is 2. The maximum absolute atomic E-state index is 15.1. The van der Waals surface area contributed by atoms with Gasteiger partial charge in [0.05, 0.1) is 35.7 Å². The van der Waals surface area contributed by atoms with E-state index in [0.29, 0.717) is 11.1 Å². The van der Waals surface area contributed by atoms with E-state index in [-0.39, 0.29) is 25.0 Å². The summed E-state index contributed by atoms with van der Waals surface area (Å²) in [4.78, 5) is 41.5. The average Bonchev–Trinajstić information content (AvgIpc) is 2.90. The molecule has 1 aliphatic heterocycles. The second-order valence-electron chi connectivity index (χ2n) is 14.4. The number of rotatable bonds is 5. The van der Waals surface area contributed by atoms with Crippen LogP contribution in [0.2, 0.25) is 19.6 Å². The second kappa shape index (κ2) is 10.3. The summed E-state index contributed by atoms with van der Waals surface area (Å²) in [6, 6.07) is 8.24. The van der Waals surface area contributed by atoms with Crippen LogP contribution < -0.4 is 0 Å². The molecule has 0 spiro atoms. The third-order valence-corrected chi connectivity index (χ3v) is 11.3. The van der Waals surface area contributed by atoms with Gasteiger partial charge in [-0.25, -0.2) is 4.79 Å². The molecule has 0 radical (unpaired) electrons. The van der Waals surface area contributed by atoms with Gasteiger partial charge in [0.2, 0.25) is 0 Å². The summed E-state index contributed by atoms with van der Waals surface area (Å²) >= 11 is 0. The van der Waals surface area contributed by atoms with Crippen LogP contribution in [0, 0.1) is 16.7 Å². The fraction of sp³-hybridized carbons (Fsp3) is 0.656. The lowest BCUT2D eigenvalue weighted by Crippen LogP contribution is -2.82. The molecule has 1 aromatic carbocycles. The van der Waals surface area contributed by atoms with Crippen molar-refractivity contribution in [1.82, 2.24) is 0 Å². The standard InChI is InChI=1S/C32H44O10Si/c1-17-20(34)15-32(38)27(40-28(37)19-12-10-9-11-13-19)25-30(5,21(35)14-22-31(25,16-39-22)41-18(2)33)26(36)24(42-43(6,7)8)23(17)29(32,3)4/h9-13,20-22,24-25,27,34-35,38H,14-16H2,1-8H3/t20-,21-,22+,24+,25?,27-,30+,31-,32+/m0/s1. The topological polar surface area (TPSA) is 149 Å². The summed E-state index contributed by atoms with van der Waals surface area (Å²) in [7, 11) is -2.48. The van der Waals surface area contributed by atoms with Crippen molar-refractivity contribution in [3.8, 4) is 0 Å². The van der Waals surface area contributed by atoms with Crippen molar-refractivity contribution in [2.45, 2.75) is 109 Å². The van der Waals surface area contributed by atoms with Crippen molar-refractivity contribution in [2.75, 3.05) is 6.61 Å². The molecule has 1 aromatic rings. The summed E-state index contributed by atoms with van der Waals surface area (Å²) in [5.41, 5.74) is -5.40. The molecule has 1 heterocycles. The van der Waals surface area contributed by atoms with E-state index in [1.54, 1.807) is 58.0 Å². The molecular formula is C32H44O10Si. The number of ketones is 1. The van der Waals surface area contributed by atoms with E-state index in [1.807, 2.05) is 19.6 Å². The van der Waals surface area contributed by atoms with Gasteiger partial charge in [0.15, 0.2) is 19.7 Å². The quantitative estimate of drug-likeness (QED) is 0.256. The maximum atomic E-state index is 15.1. The normalized spacial score (nSPS) is 40.3. The van der Waals surface area contributed by atoms with Crippen molar-refractivity contribution in [1.29, 1.82) is 0 Å². The van der Waals surface area contributed by atoms with E-state index in [0.717, 1.165) is 0 Å². The lowest BCUT2D eigenvalue weighted by atomic mass is 9.44. The van der Waals surface area contributed by atoms with Crippen LogP contribution in [0.4, 0.5) is 0 Å². The molecule has 5 rings (SSSR count). The fourth-order valence-electron chi connectivity index (χ4n) is 8.09. The Balaban J connectivity index is 1.84.